The van der Waals surface area contributed by atoms with Crippen molar-refractivity contribution in [2.24, 2.45) is 0 Å². The lowest BCUT2D eigenvalue weighted by molar-refractivity contribution is 0.0619. The van der Waals surface area contributed by atoms with Gasteiger partial charge in [-0.1, -0.05) is 41.9 Å². The molecule has 1 aliphatic heterocycles. The first-order valence-corrected chi connectivity index (χ1v) is 10.3. The van der Waals surface area contributed by atoms with Gasteiger partial charge in [0.25, 0.3) is 5.91 Å². The molecule has 7 heteroatoms. The van der Waals surface area contributed by atoms with E-state index in [0.717, 1.165) is 25.3 Å². The summed E-state index contributed by atoms with van der Waals surface area (Å²) in [5.41, 5.74) is 2.26. The van der Waals surface area contributed by atoms with Gasteiger partial charge in [-0.3, -0.25) is 14.5 Å². The van der Waals surface area contributed by atoms with E-state index < -0.39 is 0 Å². The van der Waals surface area contributed by atoms with Crippen LogP contribution in [0.3, 0.4) is 0 Å². The van der Waals surface area contributed by atoms with E-state index in [4.69, 9.17) is 11.6 Å². The van der Waals surface area contributed by atoms with Gasteiger partial charge < -0.3 is 4.90 Å². The van der Waals surface area contributed by atoms with Crippen LogP contribution >= 0.6 is 11.6 Å². The van der Waals surface area contributed by atoms with Crippen LogP contribution in [0.4, 0.5) is 0 Å². The standard InChI is InChI=1S/C23H23ClN4O2/c1-17-15-21(29)22(25-28(17)20-9-7-19(24)8-10-20)23(30)27-13-11-26(12-14-27)16-18-5-3-2-4-6-18/h2-10,15H,11-14,16H2,1H3. The Morgan fingerprint density at radius 1 is 1.00 bits per heavy atom. The Hall–Kier alpha value is -2.96. The fraction of sp³-hybridized carbons (Fsp3) is 0.261. The van der Waals surface area contributed by atoms with E-state index >= 15 is 0 Å². The topological polar surface area (TPSA) is 58.4 Å². The van der Waals surface area contributed by atoms with E-state index in [2.05, 4.69) is 22.1 Å². The SMILES string of the molecule is Cc1cc(=O)c(C(=O)N2CCN(Cc3ccccc3)CC2)nn1-c1ccc(Cl)cc1. The molecular weight excluding hydrogens is 400 g/mol. The average Bonchev–Trinajstić information content (AvgIpc) is 2.75. The van der Waals surface area contributed by atoms with Gasteiger partial charge in [-0.25, -0.2) is 4.68 Å². The molecule has 4 rings (SSSR count). The fourth-order valence-electron chi connectivity index (χ4n) is 3.64. The third-order valence-corrected chi connectivity index (χ3v) is 5.54. The molecule has 2 heterocycles. The average molecular weight is 423 g/mol. The number of rotatable bonds is 4. The second kappa shape index (κ2) is 8.81. The van der Waals surface area contributed by atoms with Crippen molar-refractivity contribution in [1.82, 2.24) is 19.6 Å². The van der Waals surface area contributed by atoms with Gasteiger partial charge in [0.2, 0.25) is 5.43 Å². The van der Waals surface area contributed by atoms with E-state index in [1.165, 1.54) is 11.6 Å². The third kappa shape index (κ3) is 4.45. The molecule has 0 aliphatic carbocycles. The monoisotopic (exact) mass is 422 g/mol. The smallest absolute Gasteiger partial charge is 0.278 e. The molecule has 1 aromatic heterocycles. The van der Waals surface area contributed by atoms with Crippen LogP contribution in [-0.2, 0) is 6.54 Å². The molecule has 0 saturated carbocycles. The van der Waals surface area contributed by atoms with Crippen LogP contribution in [0.5, 0.6) is 0 Å². The number of benzene rings is 2. The minimum Gasteiger partial charge on any atom is -0.335 e. The third-order valence-electron chi connectivity index (χ3n) is 5.29. The lowest BCUT2D eigenvalue weighted by Crippen LogP contribution is -2.49. The Morgan fingerprint density at radius 3 is 2.33 bits per heavy atom. The Balaban J connectivity index is 1.49. The predicted octanol–water partition coefficient (Wildman–Crippen LogP) is 3.15. The number of hydrogen-bond acceptors (Lipinski definition) is 4. The van der Waals surface area contributed by atoms with Crippen LogP contribution in [-0.4, -0.2) is 51.7 Å². The number of halogens is 1. The number of nitrogens with zero attached hydrogens (tertiary/aromatic N) is 4. The number of piperazine rings is 1. The quantitative estimate of drug-likeness (QED) is 0.648. The predicted molar refractivity (Wildman–Crippen MR) is 117 cm³/mol. The highest BCUT2D eigenvalue weighted by Crippen LogP contribution is 2.15. The Kier molecular flexibility index (Phi) is 5.97. The number of amides is 1. The van der Waals surface area contributed by atoms with E-state index in [0.29, 0.717) is 23.8 Å². The lowest BCUT2D eigenvalue weighted by Gasteiger charge is -2.34. The van der Waals surface area contributed by atoms with Gasteiger partial charge in [0.05, 0.1) is 5.69 Å². The molecule has 1 fully saturated rings. The molecule has 6 nitrogen and oxygen atoms in total. The molecule has 0 spiro atoms. The first-order chi connectivity index (χ1) is 14.5. The zero-order valence-electron chi connectivity index (χ0n) is 16.8. The second-order valence-electron chi connectivity index (χ2n) is 7.44. The largest absolute Gasteiger partial charge is 0.335 e. The minimum atomic E-state index is -0.352. The summed E-state index contributed by atoms with van der Waals surface area (Å²) in [5.74, 6) is -0.318. The van der Waals surface area contributed by atoms with Crippen molar-refractivity contribution in [3.05, 3.63) is 92.9 Å². The molecule has 0 bridgehead atoms. The molecule has 1 aliphatic rings. The summed E-state index contributed by atoms with van der Waals surface area (Å²) < 4.78 is 1.61. The first-order valence-electron chi connectivity index (χ1n) is 9.94. The zero-order valence-corrected chi connectivity index (χ0v) is 17.5. The van der Waals surface area contributed by atoms with Crippen LogP contribution in [0.1, 0.15) is 21.7 Å². The summed E-state index contributed by atoms with van der Waals surface area (Å²) in [5, 5.41) is 5.00. The molecule has 30 heavy (non-hydrogen) atoms. The minimum absolute atomic E-state index is 0.0490. The maximum Gasteiger partial charge on any atom is 0.278 e. The summed E-state index contributed by atoms with van der Waals surface area (Å²) in [4.78, 5) is 29.6. The highest BCUT2D eigenvalue weighted by Gasteiger charge is 2.25. The van der Waals surface area contributed by atoms with Gasteiger partial charge in [-0.05, 0) is 36.8 Å². The van der Waals surface area contributed by atoms with Crippen LogP contribution in [0.25, 0.3) is 5.69 Å². The van der Waals surface area contributed by atoms with Gasteiger partial charge in [0.15, 0.2) is 5.69 Å². The molecule has 0 atom stereocenters. The van der Waals surface area contributed by atoms with Crippen molar-refractivity contribution in [3.63, 3.8) is 0 Å². The van der Waals surface area contributed by atoms with Crippen molar-refractivity contribution in [2.75, 3.05) is 26.2 Å². The van der Waals surface area contributed by atoms with Crippen molar-refractivity contribution < 1.29 is 4.79 Å². The highest BCUT2D eigenvalue weighted by atomic mass is 35.5. The Labute approximate surface area is 180 Å². The van der Waals surface area contributed by atoms with Crippen LogP contribution in [0.2, 0.25) is 5.02 Å². The number of carbonyl (C=O) groups is 1. The van der Waals surface area contributed by atoms with Gasteiger partial charge in [-0.2, -0.15) is 5.10 Å². The van der Waals surface area contributed by atoms with Crippen molar-refractivity contribution >= 4 is 17.5 Å². The lowest BCUT2D eigenvalue weighted by atomic mass is 10.2. The molecule has 0 unspecified atom stereocenters. The normalized spacial score (nSPS) is 14.7. The molecule has 3 aromatic rings. The molecule has 0 radical (unpaired) electrons. The van der Waals surface area contributed by atoms with E-state index in [9.17, 15) is 9.59 Å². The summed E-state index contributed by atoms with van der Waals surface area (Å²) in [6.07, 6.45) is 0. The summed E-state index contributed by atoms with van der Waals surface area (Å²) in [6, 6.07) is 18.9. The van der Waals surface area contributed by atoms with Crippen LogP contribution in [0.15, 0.2) is 65.5 Å². The van der Waals surface area contributed by atoms with E-state index in [-0.39, 0.29) is 17.0 Å². The van der Waals surface area contributed by atoms with Crippen LogP contribution < -0.4 is 5.43 Å². The zero-order chi connectivity index (χ0) is 21.1. The summed E-state index contributed by atoms with van der Waals surface area (Å²) >= 11 is 5.97. The number of aryl methyl sites for hydroxylation is 1. The maximum absolute atomic E-state index is 13.0. The van der Waals surface area contributed by atoms with Gasteiger partial charge in [0.1, 0.15) is 0 Å². The maximum atomic E-state index is 13.0. The van der Waals surface area contributed by atoms with Crippen LogP contribution in [0, 0.1) is 6.92 Å². The van der Waals surface area contributed by atoms with Crippen molar-refractivity contribution in [2.45, 2.75) is 13.5 Å². The second-order valence-corrected chi connectivity index (χ2v) is 7.88. The Morgan fingerprint density at radius 2 is 1.67 bits per heavy atom. The number of carbonyl (C=O) groups excluding carboxylic acids is 1. The van der Waals surface area contributed by atoms with Gasteiger partial charge >= 0.3 is 0 Å². The molecule has 1 amide bonds. The number of aromatic nitrogens is 2. The molecule has 2 aromatic carbocycles. The first kappa shape index (κ1) is 20.3. The molecule has 0 N–H and O–H groups in total. The molecule has 154 valence electrons. The summed E-state index contributed by atoms with van der Waals surface area (Å²) in [6.45, 7) is 5.31. The number of hydrogen-bond donors (Lipinski definition) is 0. The summed E-state index contributed by atoms with van der Waals surface area (Å²) in [7, 11) is 0. The highest BCUT2D eigenvalue weighted by molar-refractivity contribution is 6.30. The molecular formula is C23H23ClN4O2. The van der Waals surface area contributed by atoms with Gasteiger partial charge in [0, 0.05) is 49.5 Å². The fourth-order valence-corrected chi connectivity index (χ4v) is 3.77. The Bertz CT molecular complexity index is 1090. The van der Waals surface area contributed by atoms with E-state index in [1.807, 2.05) is 30.3 Å². The van der Waals surface area contributed by atoms with E-state index in [1.54, 1.807) is 28.6 Å². The molecule has 1 saturated heterocycles. The van der Waals surface area contributed by atoms with Gasteiger partial charge in [-0.15, -0.1) is 0 Å². The van der Waals surface area contributed by atoms with Crippen molar-refractivity contribution in [1.29, 1.82) is 0 Å². The van der Waals surface area contributed by atoms with Crippen molar-refractivity contribution in [3.8, 4) is 5.69 Å².